The highest BCUT2D eigenvalue weighted by Gasteiger charge is 2.34. The molecule has 0 aliphatic rings. The minimum atomic E-state index is -4.52. The first-order chi connectivity index (χ1) is 15.4. The molecule has 0 heterocycles. The van der Waals surface area contributed by atoms with E-state index in [2.05, 4.69) is 9.73 Å². The van der Waals surface area contributed by atoms with E-state index in [9.17, 15) is 35.9 Å². The van der Waals surface area contributed by atoms with Gasteiger partial charge in [-0.1, -0.05) is 12.1 Å². The van der Waals surface area contributed by atoms with Crippen LogP contribution in [0.1, 0.15) is 54.1 Å². The number of hydrogen-bond donors (Lipinski definition) is 2. The van der Waals surface area contributed by atoms with Gasteiger partial charge in [-0.2, -0.15) is 31.3 Å². The Morgan fingerprint density at radius 2 is 1.12 bits per heavy atom. The maximum absolute atomic E-state index is 12.7. The Bertz CT molecular complexity index is 1120. The largest absolute Gasteiger partial charge is 0.465 e. The highest BCUT2D eigenvalue weighted by atomic mass is 19.4. The van der Waals surface area contributed by atoms with Crippen molar-refractivity contribution in [3.63, 3.8) is 0 Å². The van der Waals surface area contributed by atoms with Crippen LogP contribution in [-0.2, 0) is 17.1 Å². The molecular formula is C22H23F6N3O3. The molecule has 0 spiro atoms. The second-order valence-corrected chi connectivity index (χ2v) is 7.29. The molecule has 2 rings (SSSR count). The highest BCUT2D eigenvalue weighted by molar-refractivity contribution is 6.03. The summed E-state index contributed by atoms with van der Waals surface area (Å²) >= 11 is 0. The average molecular weight is 491 g/mol. The molecule has 0 aliphatic heterocycles. The van der Waals surface area contributed by atoms with Crippen molar-refractivity contribution in [2.75, 3.05) is 7.11 Å². The second-order valence-electron chi connectivity index (χ2n) is 7.29. The number of aryl methyl sites for hydroxylation is 4. The Labute approximate surface area is 191 Å². The molecule has 0 radical (unpaired) electrons. The van der Waals surface area contributed by atoms with Crippen LogP contribution in [0.25, 0.3) is 0 Å². The van der Waals surface area contributed by atoms with Crippen LogP contribution in [-0.4, -0.2) is 24.9 Å². The van der Waals surface area contributed by atoms with Crippen molar-refractivity contribution in [2.24, 2.45) is 16.5 Å². The molecule has 0 aliphatic carbocycles. The fourth-order valence-corrected chi connectivity index (χ4v) is 3.05. The zero-order valence-electron chi connectivity index (χ0n) is 18.9. The highest BCUT2D eigenvalue weighted by Crippen LogP contribution is 2.34. The van der Waals surface area contributed by atoms with Crippen LogP contribution in [0, 0.1) is 27.7 Å². The number of methoxy groups -OCH3 is 1. The lowest BCUT2D eigenvalue weighted by atomic mass is 9.99. The van der Waals surface area contributed by atoms with E-state index < -0.39 is 41.3 Å². The van der Waals surface area contributed by atoms with E-state index >= 15 is 0 Å². The van der Waals surface area contributed by atoms with Crippen molar-refractivity contribution in [1.29, 1.82) is 0 Å². The Balaban J connectivity index is 0.000000342. The summed E-state index contributed by atoms with van der Waals surface area (Å²) in [6.07, 6.45) is -8.98. The zero-order valence-corrected chi connectivity index (χ0v) is 18.9. The SMILES string of the molecule is COC(=O)c1cc(C(F)(F)F)c(C)cc1C.Cc1cc(C)c(C(F)(F)F)cc1C(=O)N=C(N)N. The van der Waals surface area contributed by atoms with Crippen molar-refractivity contribution < 1.29 is 40.7 Å². The minimum Gasteiger partial charge on any atom is -0.465 e. The molecule has 2 aromatic carbocycles. The number of carbonyl (C=O) groups excluding carboxylic acids is 2. The van der Waals surface area contributed by atoms with Gasteiger partial charge in [0.05, 0.1) is 23.8 Å². The van der Waals surface area contributed by atoms with E-state index in [1.54, 1.807) is 6.92 Å². The number of halogens is 6. The third-order valence-corrected chi connectivity index (χ3v) is 4.62. The molecule has 0 saturated carbocycles. The number of esters is 1. The number of benzene rings is 2. The van der Waals surface area contributed by atoms with E-state index in [0.29, 0.717) is 11.1 Å². The van der Waals surface area contributed by atoms with E-state index in [4.69, 9.17) is 11.5 Å². The number of alkyl halides is 6. The van der Waals surface area contributed by atoms with Gasteiger partial charge < -0.3 is 16.2 Å². The molecule has 2 aromatic rings. The fourth-order valence-electron chi connectivity index (χ4n) is 3.05. The van der Waals surface area contributed by atoms with Gasteiger partial charge >= 0.3 is 18.3 Å². The maximum Gasteiger partial charge on any atom is 0.416 e. The quantitative estimate of drug-likeness (QED) is 0.270. The van der Waals surface area contributed by atoms with Gasteiger partial charge in [0.15, 0.2) is 5.96 Å². The first-order valence-corrected chi connectivity index (χ1v) is 9.49. The van der Waals surface area contributed by atoms with Gasteiger partial charge in [0.25, 0.3) is 5.91 Å². The molecule has 186 valence electrons. The standard InChI is InChI=1S/C11H12F3N3O.C11H11F3O2/c1-5-3-6(2)8(11(12,13)14)4-7(5)9(18)17-10(15)16;1-6-4-7(2)9(11(12,13)14)5-8(6)10(15)16-3/h3-4H,1-2H3,(H4,15,16,17,18);4-5H,1-3H3. The van der Waals surface area contributed by atoms with Crippen molar-refractivity contribution in [3.05, 3.63) is 68.8 Å². The van der Waals surface area contributed by atoms with Crippen LogP contribution in [0.2, 0.25) is 0 Å². The van der Waals surface area contributed by atoms with Crippen LogP contribution >= 0.6 is 0 Å². The number of nitrogens with zero attached hydrogens (tertiary/aromatic N) is 1. The molecule has 4 N–H and O–H groups in total. The lowest BCUT2D eigenvalue weighted by Gasteiger charge is -2.13. The van der Waals surface area contributed by atoms with Crippen LogP contribution in [0.3, 0.4) is 0 Å². The van der Waals surface area contributed by atoms with E-state index in [1.807, 2.05) is 0 Å². The number of ether oxygens (including phenoxy) is 1. The zero-order chi connectivity index (χ0) is 26.6. The summed E-state index contributed by atoms with van der Waals surface area (Å²) in [6.45, 7) is 5.77. The second kappa shape index (κ2) is 10.6. The van der Waals surface area contributed by atoms with E-state index in [1.165, 1.54) is 32.9 Å². The number of aliphatic imine (C=N–C) groups is 1. The smallest absolute Gasteiger partial charge is 0.416 e. The molecule has 12 heteroatoms. The van der Waals surface area contributed by atoms with Crippen molar-refractivity contribution >= 4 is 17.8 Å². The summed E-state index contributed by atoms with van der Waals surface area (Å²) in [5, 5.41) is 0. The normalized spacial score (nSPS) is 11.3. The van der Waals surface area contributed by atoms with Gasteiger partial charge in [-0.05, 0) is 62.1 Å². The van der Waals surface area contributed by atoms with Gasteiger partial charge in [-0.3, -0.25) is 4.79 Å². The Morgan fingerprint density at radius 1 is 0.735 bits per heavy atom. The van der Waals surface area contributed by atoms with E-state index in [0.717, 1.165) is 19.2 Å². The Morgan fingerprint density at radius 3 is 1.47 bits per heavy atom. The number of amides is 1. The molecule has 0 saturated heterocycles. The number of rotatable bonds is 2. The average Bonchev–Trinajstić information content (AvgIpc) is 2.65. The van der Waals surface area contributed by atoms with Gasteiger partial charge in [-0.25, -0.2) is 4.79 Å². The number of guanidine groups is 1. The number of hydrogen-bond acceptors (Lipinski definition) is 3. The summed E-state index contributed by atoms with van der Waals surface area (Å²) in [6, 6.07) is 4.20. The monoisotopic (exact) mass is 491 g/mol. The number of carbonyl (C=O) groups is 2. The molecule has 1 amide bonds. The van der Waals surface area contributed by atoms with Gasteiger partial charge in [0.2, 0.25) is 0 Å². The summed E-state index contributed by atoms with van der Waals surface area (Å²) in [5.74, 6) is -2.14. The lowest BCUT2D eigenvalue weighted by molar-refractivity contribution is -0.138. The first kappa shape index (κ1) is 28.5. The van der Waals surface area contributed by atoms with Crippen LogP contribution in [0.5, 0.6) is 0 Å². The summed E-state index contributed by atoms with van der Waals surface area (Å²) in [4.78, 5) is 26.0. The van der Waals surface area contributed by atoms with Gasteiger partial charge in [0.1, 0.15) is 0 Å². The molecule has 0 unspecified atom stereocenters. The summed E-state index contributed by atoms with van der Waals surface area (Å²) < 4.78 is 80.2. The molecule has 0 atom stereocenters. The minimum absolute atomic E-state index is 0.0428. The van der Waals surface area contributed by atoms with Crippen molar-refractivity contribution in [2.45, 2.75) is 40.0 Å². The first-order valence-electron chi connectivity index (χ1n) is 9.49. The van der Waals surface area contributed by atoms with Crippen LogP contribution in [0.4, 0.5) is 26.3 Å². The number of nitrogens with two attached hydrogens (primary N) is 2. The van der Waals surface area contributed by atoms with Gasteiger partial charge in [0, 0.05) is 5.56 Å². The molecule has 6 nitrogen and oxygen atoms in total. The van der Waals surface area contributed by atoms with Crippen molar-refractivity contribution in [3.8, 4) is 0 Å². The molecule has 0 fully saturated rings. The van der Waals surface area contributed by atoms with Gasteiger partial charge in [-0.15, -0.1) is 0 Å². The third-order valence-electron chi connectivity index (χ3n) is 4.62. The van der Waals surface area contributed by atoms with Crippen LogP contribution in [0.15, 0.2) is 29.3 Å². The fraction of sp³-hybridized carbons (Fsp3) is 0.318. The Kier molecular flexibility index (Phi) is 8.85. The Hall–Kier alpha value is -3.57. The lowest BCUT2D eigenvalue weighted by Crippen LogP contribution is -2.24. The summed E-state index contributed by atoms with van der Waals surface area (Å²) in [7, 11) is 1.13. The maximum atomic E-state index is 12.7. The summed E-state index contributed by atoms with van der Waals surface area (Å²) in [5.41, 5.74) is 9.13. The molecule has 34 heavy (non-hydrogen) atoms. The molecular weight excluding hydrogens is 468 g/mol. The van der Waals surface area contributed by atoms with E-state index in [-0.39, 0.29) is 22.3 Å². The molecule has 0 bridgehead atoms. The van der Waals surface area contributed by atoms with Crippen LogP contribution < -0.4 is 11.5 Å². The van der Waals surface area contributed by atoms with Crippen molar-refractivity contribution in [1.82, 2.24) is 0 Å². The molecule has 0 aromatic heterocycles. The third kappa shape index (κ3) is 7.22. The predicted octanol–water partition coefficient (Wildman–Crippen LogP) is 4.84. The topological polar surface area (TPSA) is 108 Å². The predicted molar refractivity (Wildman–Crippen MR) is 113 cm³/mol.